The Kier molecular flexibility index (Phi) is 11.6. The number of carbonyl (C=O) groups excluding carboxylic acids is 1. The van der Waals surface area contributed by atoms with Gasteiger partial charge >= 0.3 is 6.03 Å². The van der Waals surface area contributed by atoms with Gasteiger partial charge < -0.3 is 10.6 Å². The van der Waals surface area contributed by atoms with E-state index in [4.69, 9.17) is 0 Å². The fourth-order valence-electron chi connectivity index (χ4n) is 2.36. The van der Waals surface area contributed by atoms with Crippen molar-refractivity contribution in [2.75, 3.05) is 11.9 Å². The van der Waals surface area contributed by atoms with Gasteiger partial charge in [-0.3, -0.25) is 4.98 Å². The lowest BCUT2D eigenvalue weighted by Gasteiger charge is -2.07. The summed E-state index contributed by atoms with van der Waals surface area (Å²) in [6.45, 7) is 7.10. The molecule has 0 aliphatic heterocycles. The van der Waals surface area contributed by atoms with Gasteiger partial charge in [0.1, 0.15) is 0 Å². The summed E-state index contributed by atoms with van der Waals surface area (Å²) in [4.78, 5) is 15.6. The van der Waals surface area contributed by atoms with Crippen LogP contribution in [0.5, 0.6) is 0 Å². The van der Waals surface area contributed by atoms with Crippen molar-refractivity contribution in [3.63, 3.8) is 0 Å². The fourth-order valence-corrected chi connectivity index (χ4v) is 2.36. The number of hydrogen-bond acceptors (Lipinski definition) is 2. The molecule has 4 nitrogen and oxygen atoms in total. The Morgan fingerprint density at radius 1 is 0.923 bits per heavy atom. The average molecular weight is 356 g/mol. The predicted octanol–water partition coefficient (Wildman–Crippen LogP) is 5.73. The van der Waals surface area contributed by atoms with Crippen LogP contribution >= 0.6 is 0 Å². The zero-order valence-corrected chi connectivity index (χ0v) is 16.4. The smallest absolute Gasteiger partial charge is 0.319 e. The summed E-state index contributed by atoms with van der Waals surface area (Å²) in [6.07, 6.45) is 11.3. The summed E-state index contributed by atoms with van der Waals surface area (Å²) < 4.78 is 0. The van der Waals surface area contributed by atoms with Gasteiger partial charge in [0.2, 0.25) is 0 Å². The Balaban J connectivity index is 0.000000412. The molecule has 142 valence electrons. The van der Waals surface area contributed by atoms with Crippen molar-refractivity contribution in [3.8, 4) is 0 Å². The highest BCUT2D eigenvalue weighted by Gasteiger charge is 2.00. The summed E-state index contributed by atoms with van der Waals surface area (Å²) >= 11 is 0. The quantitative estimate of drug-likeness (QED) is 0.594. The van der Waals surface area contributed by atoms with Crippen LogP contribution in [-0.4, -0.2) is 17.6 Å². The molecule has 4 heteroatoms. The Morgan fingerprint density at radius 3 is 2.12 bits per heavy atom. The van der Waals surface area contributed by atoms with Gasteiger partial charge in [0.25, 0.3) is 0 Å². The molecule has 0 aliphatic rings. The molecule has 0 saturated heterocycles. The number of urea groups is 1. The van der Waals surface area contributed by atoms with Gasteiger partial charge in [0, 0.05) is 24.6 Å². The monoisotopic (exact) mass is 355 g/mol. The van der Waals surface area contributed by atoms with Crippen LogP contribution in [0, 0.1) is 6.92 Å². The highest BCUT2D eigenvalue weighted by molar-refractivity contribution is 5.89. The van der Waals surface area contributed by atoms with E-state index < -0.39 is 0 Å². The van der Waals surface area contributed by atoms with Gasteiger partial charge in [0.05, 0.1) is 0 Å². The van der Waals surface area contributed by atoms with Crippen LogP contribution in [0.4, 0.5) is 10.5 Å². The molecular weight excluding hydrogens is 322 g/mol. The number of pyridine rings is 1. The summed E-state index contributed by atoms with van der Waals surface area (Å²) in [5.74, 6) is 0. The molecule has 1 aromatic heterocycles. The third-order valence-electron chi connectivity index (χ3n) is 3.97. The zero-order valence-electron chi connectivity index (χ0n) is 16.4. The Hall–Kier alpha value is -2.36. The Labute approximate surface area is 158 Å². The Morgan fingerprint density at radius 2 is 1.54 bits per heavy atom. The predicted molar refractivity (Wildman–Crippen MR) is 111 cm³/mol. The van der Waals surface area contributed by atoms with Crippen molar-refractivity contribution in [1.29, 1.82) is 0 Å². The minimum Gasteiger partial charge on any atom is -0.338 e. The topological polar surface area (TPSA) is 54.0 Å². The lowest BCUT2D eigenvalue weighted by molar-refractivity contribution is 0.252. The van der Waals surface area contributed by atoms with Crippen LogP contribution in [0.25, 0.3) is 0 Å². The van der Waals surface area contributed by atoms with Crippen molar-refractivity contribution in [1.82, 2.24) is 10.3 Å². The number of nitrogens with one attached hydrogen (secondary N) is 2. The number of anilines is 1. The molecule has 2 rings (SSSR count). The maximum absolute atomic E-state index is 11.7. The van der Waals surface area contributed by atoms with Crippen LogP contribution in [0.3, 0.4) is 0 Å². The SMILES string of the molecule is CCCCCCC.Cc1ccc(NC(=O)NCCc2ccncc2)cc1. The van der Waals surface area contributed by atoms with Crippen LogP contribution in [0.1, 0.15) is 57.1 Å². The summed E-state index contributed by atoms with van der Waals surface area (Å²) in [7, 11) is 0. The molecule has 2 aromatic rings. The van der Waals surface area contributed by atoms with Crippen LogP contribution in [0.2, 0.25) is 0 Å². The van der Waals surface area contributed by atoms with E-state index in [-0.39, 0.29) is 6.03 Å². The number of aryl methyl sites for hydroxylation is 1. The lowest BCUT2D eigenvalue weighted by Crippen LogP contribution is -2.30. The minimum atomic E-state index is -0.182. The number of nitrogens with zero attached hydrogens (tertiary/aromatic N) is 1. The van der Waals surface area contributed by atoms with Gasteiger partial charge in [-0.1, -0.05) is 63.6 Å². The van der Waals surface area contributed by atoms with Gasteiger partial charge in [0.15, 0.2) is 0 Å². The number of amides is 2. The maximum Gasteiger partial charge on any atom is 0.319 e. The van der Waals surface area contributed by atoms with Crippen molar-refractivity contribution < 1.29 is 4.79 Å². The molecule has 0 atom stereocenters. The molecule has 0 spiro atoms. The number of unbranched alkanes of at least 4 members (excludes halogenated alkanes) is 4. The minimum absolute atomic E-state index is 0.182. The third-order valence-corrected chi connectivity index (χ3v) is 3.97. The molecule has 0 fully saturated rings. The van der Waals surface area contributed by atoms with E-state index in [1.54, 1.807) is 12.4 Å². The second-order valence-electron chi connectivity index (χ2n) is 6.41. The number of hydrogen-bond donors (Lipinski definition) is 2. The molecule has 0 bridgehead atoms. The van der Waals surface area contributed by atoms with Gasteiger partial charge in [-0.25, -0.2) is 4.79 Å². The van der Waals surface area contributed by atoms with Gasteiger partial charge in [-0.05, 0) is 43.2 Å². The highest BCUT2D eigenvalue weighted by Crippen LogP contribution is 2.08. The Bertz CT molecular complexity index is 593. The highest BCUT2D eigenvalue weighted by atomic mass is 16.2. The average Bonchev–Trinajstić information content (AvgIpc) is 2.65. The molecule has 26 heavy (non-hydrogen) atoms. The van der Waals surface area contributed by atoms with E-state index in [0.29, 0.717) is 6.54 Å². The molecule has 0 radical (unpaired) electrons. The van der Waals surface area contributed by atoms with Crippen molar-refractivity contribution in [2.24, 2.45) is 0 Å². The van der Waals surface area contributed by atoms with Crippen LogP contribution in [0.15, 0.2) is 48.8 Å². The number of benzene rings is 1. The van der Waals surface area contributed by atoms with Crippen molar-refractivity contribution in [3.05, 3.63) is 59.9 Å². The maximum atomic E-state index is 11.7. The van der Waals surface area contributed by atoms with Crippen molar-refractivity contribution >= 4 is 11.7 Å². The first-order valence-corrected chi connectivity index (χ1v) is 9.66. The molecule has 2 amide bonds. The van der Waals surface area contributed by atoms with E-state index in [1.165, 1.54) is 37.7 Å². The molecule has 1 aromatic carbocycles. The van der Waals surface area contributed by atoms with E-state index in [1.807, 2.05) is 43.3 Å². The third kappa shape index (κ3) is 10.5. The largest absolute Gasteiger partial charge is 0.338 e. The molecule has 0 aliphatic carbocycles. The van der Waals surface area contributed by atoms with Crippen molar-refractivity contribution in [2.45, 2.75) is 59.3 Å². The molecular formula is C22H33N3O. The zero-order chi connectivity index (χ0) is 19.0. The van der Waals surface area contributed by atoms with Gasteiger partial charge in [-0.15, -0.1) is 0 Å². The molecule has 1 heterocycles. The van der Waals surface area contributed by atoms with Crippen LogP contribution in [-0.2, 0) is 6.42 Å². The molecule has 0 unspecified atom stereocenters. The first kappa shape index (κ1) is 21.7. The summed E-state index contributed by atoms with van der Waals surface area (Å²) in [6, 6.07) is 11.4. The standard InChI is InChI=1S/C15H17N3O.C7H16/c1-12-2-4-14(5-3-12)18-15(19)17-11-8-13-6-9-16-10-7-13;1-3-5-7-6-4-2/h2-7,9-10H,8,11H2,1H3,(H2,17,18,19);3-7H2,1-2H3. The fraction of sp³-hybridized carbons (Fsp3) is 0.455. The van der Waals surface area contributed by atoms with E-state index in [9.17, 15) is 4.79 Å². The molecule has 0 saturated carbocycles. The summed E-state index contributed by atoms with van der Waals surface area (Å²) in [5, 5.41) is 5.62. The first-order chi connectivity index (χ1) is 12.7. The second-order valence-corrected chi connectivity index (χ2v) is 6.41. The van der Waals surface area contributed by atoms with E-state index in [2.05, 4.69) is 29.5 Å². The van der Waals surface area contributed by atoms with E-state index in [0.717, 1.165) is 17.7 Å². The van der Waals surface area contributed by atoms with Gasteiger partial charge in [-0.2, -0.15) is 0 Å². The lowest BCUT2D eigenvalue weighted by atomic mass is 10.2. The van der Waals surface area contributed by atoms with E-state index >= 15 is 0 Å². The normalized spacial score (nSPS) is 9.81. The first-order valence-electron chi connectivity index (χ1n) is 9.66. The number of aromatic nitrogens is 1. The summed E-state index contributed by atoms with van der Waals surface area (Å²) in [5.41, 5.74) is 3.13. The molecule has 2 N–H and O–H groups in total. The number of rotatable bonds is 8. The second kappa shape index (κ2) is 13.9. The van der Waals surface area contributed by atoms with Crippen LogP contribution < -0.4 is 10.6 Å². The number of carbonyl (C=O) groups is 1.